The third-order valence-electron chi connectivity index (χ3n) is 3.88. The van der Waals surface area contributed by atoms with Crippen molar-refractivity contribution in [2.75, 3.05) is 26.3 Å². The molecule has 0 aromatic rings. The molecule has 10 N–H and O–H groups in total. The second-order valence-electron chi connectivity index (χ2n) is 5.49. The molecule has 0 saturated carbocycles. The first-order valence-electron chi connectivity index (χ1n) is 7.10. The highest BCUT2D eigenvalue weighted by molar-refractivity contribution is 4.92. The summed E-state index contributed by atoms with van der Waals surface area (Å²) in [5.41, 5.74) is 0. The van der Waals surface area contributed by atoms with Gasteiger partial charge >= 0.3 is 0 Å². The maximum absolute atomic E-state index is 9.18. The van der Waals surface area contributed by atoms with Crippen LogP contribution in [0.2, 0.25) is 0 Å². The summed E-state index contributed by atoms with van der Waals surface area (Å²) >= 11 is 0. The Balaban J connectivity index is 0.000000220. The number of β-amino-alcohol motifs (C(OH)–C–C–N with tert-alkyl or cyclic N) is 2. The predicted molar refractivity (Wildman–Crippen MR) is 73.8 cm³/mol. The third-order valence-corrected chi connectivity index (χ3v) is 3.88. The Bertz CT molecular complexity index is 290. The lowest BCUT2D eigenvalue weighted by atomic mass is 9.97. The van der Waals surface area contributed by atoms with Gasteiger partial charge in [0.1, 0.15) is 12.2 Å². The summed E-state index contributed by atoms with van der Waals surface area (Å²) in [5, 5.41) is 77.2. The van der Waals surface area contributed by atoms with Crippen molar-refractivity contribution in [3.8, 4) is 0 Å². The number of hydrogen-bond acceptors (Lipinski definition) is 10. The molecule has 2 fully saturated rings. The summed E-state index contributed by atoms with van der Waals surface area (Å²) in [6, 6.07) is -1.07. The maximum Gasteiger partial charge on any atom is 0.109 e. The fraction of sp³-hybridized carbons (Fsp3) is 1.00. The van der Waals surface area contributed by atoms with Gasteiger partial charge in [0.25, 0.3) is 0 Å². The molecule has 8 atom stereocenters. The van der Waals surface area contributed by atoms with Crippen LogP contribution >= 0.6 is 0 Å². The quantitative estimate of drug-likeness (QED) is 0.234. The molecule has 10 heteroatoms. The van der Waals surface area contributed by atoms with Crippen molar-refractivity contribution in [1.29, 1.82) is 0 Å². The number of rotatable bonds is 2. The van der Waals surface area contributed by atoms with E-state index in [1.807, 2.05) is 0 Å². The molecule has 2 aliphatic heterocycles. The van der Waals surface area contributed by atoms with Gasteiger partial charge in [-0.2, -0.15) is 0 Å². The fourth-order valence-electron chi connectivity index (χ4n) is 2.30. The van der Waals surface area contributed by atoms with E-state index in [9.17, 15) is 10.2 Å². The molecule has 0 aliphatic carbocycles. The summed E-state index contributed by atoms with van der Waals surface area (Å²) < 4.78 is 0. The molecule has 132 valence electrons. The van der Waals surface area contributed by atoms with Gasteiger partial charge in [-0.3, -0.25) is 0 Å². The molecule has 2 saturated heterocycles. The van der Waals surface area contributed by atoms with Crippen molar-refractivity contribution in [2.24, 2.45) is 0 Å². The SMILES string of the molecule is OC[C@H]1NC[C@H](O)[C@@H](O)[C@@H]1O.OC[C@H]1NC[C@H](O)[C@@H](O)[C@@H]1O. The van der Waals surface area contributed by atoms with Crippen LogP contribution in [-0.4, -0.2) is 116 Å². The van der Waals surface area contributed by atoms with Crippen molar-refractivity contribution in [3.63, 3.8) is 0 Å². The van der Waals surface area contributed by atoms with Crippen molar-refractivity contribution in [1.82, 2.24) is 10.6 Å². The van der Waals surface area contributed by atoms with E-state index in [1.54, 1.807) is 0 Å². The lowest BCUT2D eigenvalue weighted by molar-refractivity contribution is -0.101. The number of piperidine rings is 2. The van der Waals surface area contributed by atoms with Crippen LogP contribution in [0.1, 0.15) is 0 Å². The van der Waals surface area contributed by atoms with Crippen molar-refractivity contribution >= 4 is 0 Å². The van der Waals surface area contributed by atoms with Crippen molar-refractivity contribution < 1.29 is 40.9 Å². The molecule has 2 heterocycles. The van der Waals surface area contributed by atoms with Crippen LogP contribution in [0.15, 0.2) is 0 Å². The van der Waals surface area contributed by atoms with Crippen LogP contribution in [0.4, 0.5) is 0 Å². The molecule has 2 rings (SSSR count). The Labute approximate surface area is 127 Å². The van der Waals surface area contributed by atoms with Crippen LogP contribution in [-0.2, 0) is 0 Å². The fourth-order valence-corrected chi connectivity index (χ4v) is 2.30. The monoisotopic (exact) mass is 326 g/mol. The molecule has 0 unspecified atom stereocenters. The molecule has 0 radical (unpaired) electrons. The Morgan fingerprint density at radius 1 is 0.591 bits per heavy atom. The summed E-state index contributed by atoms with van der Waals surface area (Å²) in [5.74, 6) is 0. The Morgan fingerprint density at radius 3 is 1.18 bits per heavy atom. The smallest absolute Gasteiger partial charge is 0.109 e. The summed E-state index contributed by atoms with van der Waals surface area (Å²) in [4.78, 5) is 0. The molecular formula is C12H26N2O8. The van der Waals surface area contributed by atoms with E-state index in [0.29, 0.717) is 0 Å². The van der Waals surface area contributed by atoms with Gasteiger partial charge in [0.05, 0.1) is 49.7 Å². The van der Waals surface area contributed by atoms with E-state index >= 15 is 0 Å². The summed E-state index contributed by atoms with van der Waals surface area (Å²) in [7, 11) is 0. The number of aliphatic hydroxyl groups is 8. The molecular weight excluding hydrogens is 300 g/mol. The number of hydrogen-bond donors (Lipinski definition) is 10. The van der Waals surface area contributed by atoms with Crippen LogP contribution < -0.4 is 10.6 Å². The zero-order chi connectivity index (χ0) is 16.9. The molecule has 10 nitrogen and oxygen atoms in total. The molecule has 0 amide bonds. The molecule has 0 aromatic carbocycles. The van der Waals surface area contributed by atoms with Gasteiger partial charge < -0.3 is 51.5 Å². The van der Waals surface area contributed by atoms with E-state index in [-0.39, 0.29) is 26.3 Å². The second kappa shape index (κ2) is 9.03. The van der Waals surface area contributed by atoms with Crippen LogP contribution in [0, 0.1) is 0 Å². The zero-order valence-corrected chi connectivity index (χ0v) is 12.0. The molecule has 0 spiro atoms. The van der Waals surface area contributed by atoms with E-state index in [4.69, 9.17) is 30.6 Å². The van der Waals surface area contributed by atoms with Gasteiger partial charge in [-0.15, -0.1) is 0 Å². The standard InChI is InChI=1S/2C6H13NO4/c2*8-2-3-5(10)6(11)4(9)1-7-3/h2*3-11H,1-2H2/t2*3-,4+,5-,6-/m11/s1. The summed E-state index contributed by atoms with van der Waals surface area (Å²) in [6.07, 6.45) is -6.41. The highest BCUT2D eigenvalue weighted by Crippen LogP contribution is 2.10. The maximum atomic E-state index is 9.18. The molecule has 0 bridgehead atoms. The first-order chi connectivity index (χ1) is 10.3. The van der Waals surface area contributed by atoms with Crippen LogP contribution in [0.3, 0.4) is 0 Å². The van der Waals surface area contributed by atoms with E-state index < -0.39 is 48.7 Å². The lowest BCUT2D eigenvalue weighted by Gasteiger charge is -2.34. The van der Waals surface area contributed by atoms with Gasteiger partial charge in [-0.05, 0) is 0 Å². The van der Waals surface area contributed by atoms with Crippen molar-refractivity contribution in [3.05, 3.63) is 0 Å². The third kappa shape index (κ3) is 4.80. The minimum atomic E-state index is -1.16. The van der Waals surface area contributed by atoms with E-state index in [0.717, 1.165) is 0 Å². The van der Waals surface area contributed by atoms with Gasteiger partial charge in [-0.25, -0.2) is 0 Å². The average molecular weight is 326 g/mol. The molecule has 0 aromatic heterocycles. The van der Waals surface area contributed by atoms with E-state index in [2.05, 4.69) is 10.6 Å². The Hall–Kier alpha value is -0.400. The van der Waals surface area contributed by atoms with Gasteiger partial charge in [0.15, 0.2) is 0 Å². The van der Waals surface area contributed by atoms with E-state index in [1.165, 1.54) is 0 Å². The first kappa shape index (κ1) is 19.6. The van der Waals surface area contributed by atoms with Gasteiger partial charge in [0.2, 0.25) is 0 Å². The predicted octanol–water partition coefficient (Wildman–Crippen LogP) is -5.93. The highest BCUT2D eigenvalue weighted by atomic mass is 16.4. The number of aliphatic hydroxyl groups excluding tert-OH is 8. The first-order valence-corrected chi connectivity index (χ1v) is 7.10. The second-order valence-corrected chi connectivity index (χ2v) is 5.49. The summed E-state index contributed by atoms with van der Waals surface area (Å²) in [6.45, 7) is -0.0944. The normalized spacial score (nSPS) is 45.8. The van der Waals surface area contributed by atoms with Gasteiger partial charge in [0, 0.05) is 13.1 Å². The number of nitrogens with one attached hydrogen (secondary N) is 2. The molecule has 22 heavy (non-hydrogen) atoms. The topological polar surface area (TPSA) is 186 Å². The highest BCUT2D eigenvalue weighted by Gasteiger charge is 2.36. The van der Waals surface area contributed by atoms with Gasteiger partial charge in [-0.1, -0.05) is 0 Å². The Morgan fingerprint density at radius 2 is 0.909 bits per heavy atom. The average Bonchev–Trinajstić information content (AvgIpc) is 2.51. The Kier molecular flexibility index (Phi) is 8.07. The minimum Gasteiger partial charge on any atom is -0.395 e. The molecule has 2 aliphatic rings. The van der Waals surface area contributed by atoms with Crippen molar-refractivity contribution in [2.45, 2.75) is 48.7 Å². The van der Waals surface area contributed by atoms with Crippen LogP contribution in [0.5, 0.6) is 0 Å². The minimum absolute atomic E-state index is 0.198. The van der Waals surface area contributed by atoms with Crippen LogP contribution in [0.25, 0.3) is 0 Å². The zero-order valence-electron chi connectivity index (χ0n) is 12.0. The largest absolute Gasteiger partial charge is 0.395 e. The lowest BCUT2D eigenvalue weighted by Crippen LogP contribution is -2.60.